The molecule has 0 radical (unpaired) electrons. The summed E-state index contributed by atoms with van der Waals surface area (Å²) in [6.07, 6.45) is 19.9. The van der Waals surface area contributed by atoms with Crippen molar-refractivity contribution in [3.05, 3.63) is 48.1 Å². The van der Waals surface area contributed by atoms with Gasteiger partial charge in [-0.05, 0) is 109 Å². The summed E-state index contributed by atoms with van der Waals surface area (Å²) in [5.41, 5.74) is 1.74. The number of hydrogen-bond donors (Lipinski definition) is 4. The molecule has 1 saturated heterocycles. The second-order valence-electron chi connectivity index (χ2n) is 18.3. The molecule has 2 fully saturated rings. The number of amides is 1. The molecule has 13 nitrogen and oxygen atoms in total. The number of aliphatic hydroxyl groups is 3. The fraction of sp³-hybridized carbons (Fsp3) is 0.750. The molecule has 1 aliphatic heterocycles. The average molecular weight is 920 g/mol. The monoisotopic (exact) mass is 920 g/mol. The fourth-order valence-electron chi connectivity index (χ4n) is 8.48. The molecular formula is C52H89NO12. The van der Waals surface area contributed by atoms with Crippen LogP contribution in [0.3, 0.4) is 0 Å². The van der Waals surface area contributed by atoms with Gasteiger partial charge >= 0.3 is 5.97 Å². The highest BCUT2D eigenvalue weighted by molar-refractivity contribution is 6.39. The predicted molar refractivity (Wildman–Crippen MR) is 257 cm³/mol. The second-order valence-corrected chi connectivity index (χ2v) is 18.3. The molecule has 0 aromatic rings. The van der Waals surface area contributed by atoms with Gasteiger partial charge in [-0.2, -0.15) is 0 Å². The van der Waals surface area contributed by atoms with Gasteiger partial charge in [-0.3, -0.25) is 19.2 Å². The lowest BCUT2D eigenvalue weighted by atomic mass is 9.83. The summed E-state index contributed by atoms with van der Waals surface area (Å²) in [6, 6.07) is -1.05. The molecule has 0 bridgehead atoms. The van der Waals surface area contributed by atoms with Gasteiger partial charge in [0.05, 0.1) is 12.2 Å². The number of carbonyl (C=O) groups is 5. The second kappa shape index (κ2) is 33.2. The molecule has 11 atom stereocenters. The molecule has 13 heteroatoms. The number of ketones is 3. The zero-order chi connectivity index (χ0) is 49.9. The number of carboxylic acid groups (broad SMARTS) is 1. The van der Waals surface area contributed by atoms with Crippen LogP contribution in [0.25, 0.3) is 0 Å². The predicted octanol–water partition coefficient (Wildman–Crippen LogP) is 8.77. The summed E-state index contributed by atoms with van der Waals surface area (Å²) in [4.78, 5) is 64.0. The van der Waals surface area contributed by atoms with Gasteiger partial charge in [0.25, 0.3) is 11.7 Å². The molecule has 0 aromatic heterocycles. The average Bonchev–Trinajstić information content (AvgIpc) is 3.31. The fourth-order valence-corrected chi connectivity index (χ4v) is 8.48. The Kier molecular flexibility index (Phi) is 31.5. The number of piperidine rings is 1. The highest BCUT2D eigenvalue weighted by Gasteiger charge is 2.49. The minimum atomic E-state index is -2.29. The number of carbonyl (C=O) groups excluding carboxylic acids is 4. The van der Waals surface area contributed by atoms with E-state index in [0.717, 1.165) is 49.7 Å². The Balaban J connectivity index is 0.00000122. The number of ether oxygens (including phenoxy) is 3. The highest BCUT2D eigenvalue weighted by Crippen LogP contribution is 2.31. The first-order valence-electron chi connectivity index (χ1n) is 24.0. The number of aliphatic hydroxyl groups excluding tert-OH is 2. The highest BCUT2D eigenvalue weighted by atomic mass is 16.6. The van der Waals surface area contributed by atoms with E-state index in [1.807, 2.05) is 58.9 Å². The largest absolute Gasteiger partial charge is 0.480 e. The van der Waals surface area contributed by atoms with Crippen LogP contribution in [0.4, 0.5) is 0 Å². The Labute approximate surface area is 392 Å². The maximum Gasteiger partial charge on any atom is 0.326 e. The Morgan fingerprint density at radius 1 is 0.938 bits per heavy atom. The van der Waals surface area contributed by atoms with E-state index in [2.05, 4.69) is 6.58 Å². The third-order valence-electron chi connectivity index (χ3n) is 13.0. The van der Waals surface area contributed by atoms with E-state index in [-0.39, 0.29) is 35.9 Å². The van der Waals surface area contributed by atoms with Crippen LogP contribution in [-0.2, 0) is 38.2 Å². The molecule has 2 rings (SSSR count). The van der Waals surface area contributed by atoms with Crippen molar-refractivity contribution in [3.8, 4) is 0 Å². The van der Waals surface area contributed by atoms with Crippen LogP contribution in [-0.4, -0.2) is 119 Å². The first-order chi connectivity index (χ1) is 30.7. The molecule has 1 heterocycles. The Hall–Kier alpha value is -3.33. The number of methoxy groups -OCH3 is 2. The van der Waals surface area contributed by atoms with Crippen molar-refractivity contribution in [2.75, 3.05) is 27.9 Å². The van der Waals surface area contributed by atoms with Gasteiger partial charge in [-0.1, -0.05) is 96.3 Å². The molecule has 4 N–H and O–H groups in total. The van der Waals surface area contributed by atoms with Crippen LogP contribution in [0.5, 0.6) is 0 Å². The van der Waals surface area contributed by atoms with E-state index < -0.39 is 53.7 Å². The van der Waals surface area contributed by atoms with Crippen LogP contribution in [0.2, 0.25) is 0 Å². The topological polar surface area (TPSA) is 197 Å². The van der Waals surface area contributed by atoms with E-state index in [4.69, 9.17) is 19.3 Å². The summed E-state index contributed by atoms with van der Waals surface area (Å²) >= 11 is 0. The molecule has 65 heavy (non-hydrogen) atoms. The van der Waals surface area contributed by atoms with Gasteiger partial charge in [0, 0.05) is 52.0 Å². The SMILES string of the molecule is C/C=C/C=C(\C)CC[C@H](C)O[C@@](O)(C(=O)C(=O)N1CCCC[C@H]1C(=O)O)[C@H](C)CC.C=C[C@@H](C)C[C@@H](C)C(=O)[C@H](OC)[C@H](O)/C(C)=C/[C@@H](C)C(=O)CCCC[C@@H]1CCC[C@H](OC)C1.CO. The summed E-state index contributed by atoms with van der Waals surface area (Å²) < 4.78 is 16.7. The summed E-state index contributed by atoms with van der Waals surface area (Å²) in [6.45, 7) is 20.6. The van der Waals surface area contributed by atoms with E-state index in [1.165, 1.54) is 26.4 Å². The molecule has 1 aliphatic carbocycles. The first-order valence-corrected chi connectivity index (χ1v) is 24.0. The lowest BCUT2D eigenvalue weighted by Crippen LogP contribution is -2.59. The standard InChI is InChI=1S/C28H48O5.C23H37NO6.CH4O/c1-8-19(2)16-21(4)26(30)28(33-7)27(31)22(5)17-20(3)25(29)15-10-9-12-23-13-11-14-24(18-23)32-6;1-6-8-11-16(3)13-14-18(5)30-23(29,17(4)7-2)20(25)21(26)24-15-10-9-12-19(24)22(27)28;1-2/h8,17,19-21,23-24,27-28,31H,1,9-16,18H2,2-7H3;6,8,11,17-19,29H,7,9-10,12-15H2,1-5H3,(H,27,28);2H,1H3/b22-17+;8-6+,16-11+;/t19-,20-,21-,23-,24+,27-,28+;17-,18+,19+,23-;/m11./s1. The molecule has 1 amide bonds. The van der Waals surface area contributed by atoms with E-state index in [9.17, 15) is 39.3 Å². The summed E-state index contributed by atoms with van der Waals surface area (Å²) in [5.74, 6) is -5.67. The van der Waals surface area contributed by atoms with Gasteiger partial charge in [-0.15, -0.1) is 6.58 Å². The lowest BCUT2D eigenvalue weighted by Gasteiger charge is -2.38. The van der Waals surface area contributed by atoms with Crippen LogP contribution in [0.1, 0.15) is 159 Å². The number of Topliss-reactive ketones (excluding diaryl/α,β-unsaturated/α-hetero) is 3. The Morgan fingerprint density at radius 3 is 2.17 bits per heavy atom. The maximum absolute atomic E-state index is 13.1. The van der Waals surface area contributed by atoms with Gasteiger partial charge in [0.1, 0.15) is 24.0 Å². The van der Waals surface area contributed by atoms with Crippen molar-refractivity contribution in [2.24, 2.45) is 29.6 Å². The lowest BCUT2D eigenvalue weighted by molar-refractivity contribution is -0.243. The number of unbranched alkanes of at least 4 members (excludes halogenated alkanes) is 1. The van der Waals surface area contributed by atoms with E-state index in [1.54, 1.807) is 40.9 Å². The van der Waals surface area contributed by atoms with Crippen molar-refractivity contribution in [2.45, 2.75) is 195 Å². The van der Waals surface area contributed by atoms with Gasteiger partial charge in [-0.25, -0.2) is 4.79 Å². The van der Waals surface area contributed by atoms with Crippen molar-refractivity contribution in [1.29, 1.82) is 0 Å². The number of rotatable bonds is 27. The van der Waals surface area contributed by atoms with Crippen LogP contribution in [0.15, 0.2) is 48.1 Å². The molecule has 1 saturated carbocycles. The van der Waals surface area contributed by atoms with Crippen LogP contribution >= 0.6 is 0 Å². The smallest absolute Gasteiger partial charge is 0.326 e. The molecule has 0 unspecified atom stereocenters. The van der Waals surface area contributed by atoms with Crippen LogP contribution in [0, 0.1) is 29.6 Å². The molecule has 0 aromatic carbocycles. The number of aliphatic carboxylic acids is 1. The molecule has 2 aliphatic rings. The zero-order valence-electron chi connectivity index (χ0n) is 42.2. The van der Waals surface area contributed by atoms with Crippen molar-refractivity contribution >= 4 is 29.2 Å². The normalized spacial score (nSPS) is 22.3. The third kappa shape index (κ3) is 21.5. The zero-order valence-corrected chi connectivity index (χ0v) is 42.2. The minimum absolute atomic E-state index is 0.121. The van der Waals surface area contributed by atoms with Gasteiger partial charge < -0.3 is 39.5 Å². The summed E-state index contributed by atoms with van der Waals surface area (Å²) in [7, 11) is 4.24. The molecule has 0 spiro atoms. The van der Waals surface area contributed by atoms with Gasteiger partial charge in [0.15, 0.2) is 5.78 Å². The molecule has 374 valence electrons. The van der Waals surface area contributed by atoms with E-state index in [0.29, 0.717) is 62.5 Å². The molecular weight excluding hydrogens is 831 g/mol. The van der Waals surface area contributed by atoms with Crippen molar-refractivity contribution < 1.29 is 58.6 Å². The Bertz CT molecular complexity index is 1540. The number of carboxylic acids is 1. The van der Waals surface area contributed by atoms with Crippen molar-refractivity contribution in [1.82, 2.24) is 4.90 Å². The Morgan fingerprint density at radius 2 is 1.60 bits per heavy atom. The van der Waals surface area contributed by atoms with E-state index >= 15 is 0 Å². The van der Waals surface area contributed by atoms with Gasteiger partial charge in [0.2, 0.25) is 5.79 Å². The number of likely N-dealkylation sites (tertiary alicyclic amines) is 1. The summed E-state index contributed by atoms with van der Waals surface area (Å²) in [5, 5.41) is 38.3. The quantitative estimate of drug-likeness (QED) is 0.0201. The number of hydrogen-bond acceptors (Lipinski definition) is 11. The maximum atomic E-state index is 13.1. The first kappa shape index (κ1) is 61.7. The van der Waals surface area contributed by atoms with Crippen LogP contribution < -0.4 is 0 Å². The third-order valence-corrected chi connectivity index (χ3v) is 13.0. The van der Waals surface area contributed by atoms with Crippen molar-refractivity contribution in [3.63, 3.8) is 0 Å². The number of allylic oxidation sites excluding steroid dienone is 6. The number of nitrogens with zero attached hydrogens (tertiary/aromatic N) is 1. The minimum Gasteiger partial charge on any atom is -0.480 e.